The SMILES string of the molecule is CC1C=CC(SCCS)=CC1c1cccc(-c2cccc(SCCS)c2)c1. The van der Waals surface area contributed by atoms with Gasteiger partial charge in [0.1, 0.15) is 0 Å². The molecule has 2 unspecified atom stereocenters. The van der Waals surface area contributed by atoms with Crippen molar-refractivity contribution in [1.82, 2.24) is 0 Å². The topological polar surface area (TPSA) is 0 Å². The van der Waals surface area contributed by atoms with Gasteiger partial charge in [0.2, 0.25) is 0 Å². The standard InChI is InChI=1S/C23H26S4/c1-17-8-9-22(27-13-11-25)16-23(17)20-6-2-4-18(14-20)19-5-3-7-21(15-19)26-12-10-24/h2-9,14-17,23-25H,10-13H2,1H3. The van der Waals surface area contributed by atoms with Gasteiger partial charge in [0.25, 0.3) is 0 Å². The maximum Gasteiger partial charge on any atom is 0.00925 e. The summed E-state index contributed by atoms with van der Waals surface area (Å²) >= 11 is 12.4. The predicted molar refractivity (Wildman–Crippen MR) is 132 cm³/mol. The number of allylic oxidation sites excluding steroid dienone is 3. The van der Waals surface area contributed by atoms with Crippen molar-refractivity contribution in [3.05, 3.63) is 77.2 Å². The van der Waals surface area contributed by atoms with E-state index in [-0.39, 0.29) is 0 Å². The van der Waals surface area contributed by atoms with Crippen molar-refractivity contribution in [3.63, 3.8) is 0 Å². The Kier molecular flexibility index (Phi) is 8.38. The Hall–Kier alpha value is -0.680. The molecular formula is C23H26S4. The van der Waals surface area contributed by atoms with Crippen LogP contribution in [0.15, 0.2) is 76.6 Å². The summed E-state index contributed by atoms with van der Waals surface area (Å²) in [5, 5.41) is 0. The van der Waals surface area contributed by atoms with Gasteiger partial charge >= 0.3 is 0 Å². The van der Waals surface area contributed by atoms with Gasteiger partial charge in [-0.05, 0) is 46.2 Å². The molecule has 0 aliphatic heterocycles. The molecule has 0 bridgehead atoms. The molecule has 142 valence electrons. The van der Waals surface area contributed by atoms with E-state index >= 15 is 0 Å². The summed E-state index contributed by atoms with van der Waals surface area (Å²) in [6.45, 7) is 2.30. The summed E-state index contributed by atoms with van der Waals surface area (Å²) in [5.74, 6) is 4.84. The highest BCUT2D eigenvalue weighted by atomic mass is 32.2. The van der Waals surface area contributed by atoms with Gasteiger partial charge in [-0.2, -0.15) is 25.3 Å². The van der Waals surface area contributed by atoms with Crippen molar-refractivity contribution in [3.8, 4) is 11.1 Å². The molecule has 0 saturated carbocycles. The Morgan fingerprint density at radius 1 is 0.889 bits per heavy atom. The lowest BCUT2D eigenvalue weighted by Crippen LogP contribution is -2.09. The predicted octanol–water partition coefficient (Wildman–Crippen LogP) is 7.21. The zero-order valence-corrected chi connectivity index (χ0v) is 19.0. The summed E-state index contributed by atoms with van der Waals surface area (Å²) < 4.78 is 0. The summed E-state index contributed by atoms with van der Waals surface area (Å²) in [6, 6.07) is 17.9. The number of hydrogen-bond acceptors (Lipinski definition) is 4. The first-order valence-electron chi connectivity index (χ1n) is 9.29. The largest absolute Gasteiger partial charge is 0.178 e. The maximum atomic E-state index is 4.34. The van der Waals surface area contributed by atoms with Gasteiger partial charge in [0.15, 0.2) is 0 Å². The van der Waals surface area contributed by atoms with Crippen molar-refractivity contribution in [2.75, 3.05) is 23.0 Å². The van der Waals surface area contributed by atoms with Crippen LogP contribution in [-0.4, -0.2) is 23.0 Å². The molecule has 0 nitrogen and oxygen atoms in total. The molecular weight excluding hydrogens is 405 g/mol. The average Bonchev–Trinajstić information content (AvgIpc) is 2.72. The fraction of sp³-hybridized carbons (Fsp3) is 0.304. The highest BCUT2D eigenvalue weighted by Gasteiger charge is 2.19. The monoisotopic (exact) mass is 430 g/mol. The van der Waals surface area contributed by atoms with Crippen LogP contribution >= 0.6 is 48.8 Å². The molecule has 1 aliphatic carbocycles. The Morgan fingerprint density at radius 3 is 2.37 bits per heavy atom. The van der Waals surface area contributed by atoms with Crippen LogP contribution in [0, 0.1) is 5.92 Å². The second kappa shape index (κ2) is 10.8. The maximum absolute atomic E-state index is 4.34. The summed E-state index contributed by atoms with van der Waals surface area (Å²) in [6.07, 6.45) is 7.03. The Balaban J connectivity index is 1.85. The molecule has 27 heavy (non-hydrogen) atoms. The van der Waals surface area contributed by atoms with Crippen LogP contribution in [0.25, 0.3) is 11.1 Å². The van der Waals surface area contributed by atoms with Crippen LogP contribution in [0.3, 0.4) is 0 Å². The minimum absolute atomic E-state index is 0.430. The van der Waals surface area contributed by atoms with Gasteiger partial charge in [-0.1, -0.05) is 61.5 Å². The van der Waals surface area contributed by atoms with E-state index in [4.69, 9.17) is 0 Å². The van der Waals surface area contributed by atoms with Crippen molar-refractivity contribution < 1.29 is 0 Å². The van der Waals surface area contributed by atoms with Crippen molar-refractivity contribution >= 4 is 48.8 Å². The molecule has 0 radical (unpaired) electrons. The molecule has 0 fully saturated rings. The van der Waals surface area contributed by atoms with E-state index in [1.807, 2.05) is 23.5 Å². The first-order chi connectivity index (χ1) is 13.2. The molecule has 0 amide bonds. The van der Waals surface area contributed by atoms with Crippen LogP contribution in [0.4, 0.5) is 0 Å². The average molecular weight is 431 g/mol. The van der Waals surface area contributed by atoms with E-state index in [0.717, 1.165) is 23.0 Å². The third-order valence-electron chi connectivity index (χ3n) is 4.63. The van der Waals surface area contributed by atoms with E-state index in [1.54, 1.807) is 0 Å². The number of benzene rings is 2. The smallest absolute Gasteiger partial charge is 0.00925 e. The van der Waals surface area contributed by atoms with Crippen LogP contribution in [0.1, 0.15) is 18.4 Å². The second-order valence-electron chi connectivity index (χ2n) is 6.61. The molecule has 0 aromatic heterocycles. The van der Waals surface area contributed by atoms with Gasteiger partial charge in [0.05, 0.1) is 0 Å². The van der Waals surface area contributed by atoms with Crippen LogP contribution in [-0.2, 0) is 0 Å². The van der Waals surface area contributed by atoms with Crippen LogP contribution in [0.2, 0.25) is 0 Å². The highest BCUT2D eigenvalue weighted by molar-refractivity contribution is 8.03. The summed E-state index contributed by atoms with van der Waals surface area (Å²) in [4.78, 5) is 2.67. The quantitative estimate of drug-likeness (QED) is 0.335. The fourth-order valence-electron chi connectivity index (χ4n) is 3.26. The van der Waals surface area contributed by atoms with E-state index in [2.05, 4.69) is 98.9 Å². The van der Waals surface area contributed by atoms with E-state index in [1.165, 1.54) is 26.5 Å². The van der Waals surface area contributed by atoms with Gasteiger partial charge in [-0.3, -0.25) is 0 Å². The Morgan fingerprint density at radius 2 is 1.59 bits per heavy atom. The van der Waals surface area contributed by atoms with E-state index < -0.39 is 0 Å². The molecule has 2 aromatic rings. The molecule has 2 atom stereocenters. The highest BCUT2D eigenvalue weighted by Crippen LogP contribution is 2.37. The van der Waals surface area contributed by atoms with Gasteiger partial charge in [-0.15, -0.1) is 23.5 Å². The first-order valence-corrected chi connectivity index (χ1v) is 12.5. The lowest BCUT2D eigenvalue weighted by Gasteiger charge is -2.24. The molecule has 0 N–H and O–H groups in total. The minimum Gasteiger partial charge on any atom is -0.178 e. The zero-order valence-electron chi connectivity index (χ0n) is 15.5. The first kappa shape index (κ1) is 21.0. The molecule has 3 rings (SSSR count). The molecule has 0 saturated heterocycles. The molecule has 4 heteroatoms. The Bertz CT molecular complexity index is 810. The van der Waals surface area contributed by atoms with Crippen LogP contribution in [0.5, 0.6) is 0 Å². The lowest BCUT2D eigenvalue weighted by molar-refractivity contribution is 0.634. The van der Waals surface area contributed by atoms with E-state index in [0.29, 0.717) is 11.8 Å². The molecule has 0 spiro atoms. The third kappa shape index (κ3) is 5.90. The lowest BCUT2D eigenvalue weighted by atomic mass is 9.83. The van der Waals surface area contributed by atoms with Gasteiger partial charge < -0.3 is 0 Å². The summed E-state index contributed by atoms with van der Waals surface area (Å²) in [7, 11) is 0. The van der Waals surface area contributed by atoms with Crippen molar-refractivity contribution in [2.45, 2.75) is 17.7 Å². The fourth-order valence-corrected chi connectivity index (χ4v) is 5.27. The normalized spacial score (nSPS) is 19.1. The number of thiol groups is 2. The molecule has 2 aromatic carbocycles. The second-order valence-corrected chi connectivity index (χ2v) is 9.84. The van der Waals surface area contributed by atoms with Crippen molar-refractivity contribution in [2.24, 2.45) is 5.92 Å². The minimum atomic E-state index is 0.430. The Labute approximate surface area is 183 Å². The third-order valence-corrected chi connectivity index (χ3v) is 7.69. The number of hydrogen-bond donors (Lipinski definition) is 2. The van der Waals surface area contributed by atoms with Crippen LogP contribution < -0.4 is 0 Å². The molecule has 1 aliphatic rings. The zero-order chi connectivity index (χ0) is 19.1. The number of thioether (sulfide) groups is 2. The van der Waals surface area contributed by atoms with E-state index in [9.17, 15) is 0 Å². The van der Waals surface area contributed by atoms with Crippen molar-refractivity contribution in [1.29, 1.82) is 0 Å². The number of rotatable bonds is 8. The summed E-state index contributed by atoms with van der Waals surface area (Å²) in [5.41, 5.74) is 3.97. The van der Waals surface area contributed by atoms with Gasteiger partial charge in [0, 0.05) is 27.2 Å². The molecule has 0 heterocycles. The van der Waals surface area contributed by atoms with Gasteiger partial charge in [-0.25, -0.2) is 0 Å².